The molecule has 2 N–H and O–H groups in total. The number of nitrogens with zero attached hydrogens (tertiary/aromatic N) is 1. The molecule has 0 spiro atoms. The molecule has 90 valence electrons. The predicted octanol–water partition coefficient (Wildman–Crippen LogP) is 1.44. The van der Waals surface area contributed by atoms with Gasteiger partial charge in [-0.05, 0) is 15.9 Å². The number of pyridine rings is 1. The standard InChI is InChI=1S/C7H7BrF2N2O3S/c1-15-6-4(8)3(16(11,13)14)2-12-5(6)7(9)10/h2,7H,1H3,(H2,11,13,14). The highest BCUT2D eigenvalue weighted by molar-refractivity contribution is 9.10. The van der Waals surface area contributed by atoms with Gasteiger partial charge in [-0.3, -0.25) is 0 Å². The summed E-state index contributed by atoms with van der Waals surface area (Å²) in [4.78, 5) is 2.90. The van der Waals surface area contributed by atoms with Crippen molar-refractivity contribution in [1.29, 1.82) is 0 Å². The number of alkyl halides is 2. The quantitative estimate of drug-likeness (QED) is 0.914. The molecule has 0 aliphatic heterocycles. The molecule has 0 saturated heterocycles. The molecule has 1 rings (SSSR count). The Kier molecular flexibility index (Phi) is 3.81. The monoisotopic (exact) mass is 316 g/mol. The summed E-state index contributed by atoms with van der Waals surface area (Å²) in [5.41, 5.74) is -0.651. The van der Waals surface area contributed by atoms with Gasteiger partial charge < -0.3 is 4.74 Å². The summed E-state index contributed by atoms with van der Waals surface area (Å²) in [6.45, 7) is 0. The summed E-state index contributed by atoms with van der Waals surface area (Å²) >= 11 is 2.84. The second kappa shape index (κ2) is 4.60. The Labute approximate surface area is 98.8 Å². The van der Waals surface area contributed by atoms with Gasteiger partial charge in [-0.2, -0.15) is 0 Å². The van der Waals surface area contributed by atoms with Gasteiger partial charge in [0.2, 0.25) is 10.0 Å². The van der Waals surface area contributed by atoms with Gasteiger partial charge in [0.15, 0.2) is 5.75 Å². The van der Waals surface area contributed by atoms with Gasteiger partial charge in [-0.1, -0.05) is 0 Å². The lowest BCUT2D eigenvalue weighted by Crippen LogP contribution is -2.14. The highest BCUT2D eigenvalue weighted by Gasteiger charge is 2.24. The number of hydrogen-bond acceptors (Lipinski definition) is 4. The van der Waals surface area contributed by atoms with E-state index >= 15 is 0 Å². The van der Waals surface area contributed by atoms with Crippen molar-refractivity contribution in [3.8, 4) is 5.75 Å². The molecule has 1 heterocycles. The SMILES string of the molecule is COc1c(C(F)F)ncc(S(N)(=O)=O)c1Br. The molecular formula is C7H7BrF2N2O3S. The summed E-state index contributed by atoms with van der Waals surface area (Å²) in [7, 11) is -2.92. The van der Waals surface area contributed by atoms with Crippen LogP contribution >= 0.6 is 15.9 Å². The van der Waals surface area contributed by atoms with Crippen LogP contribution in [0.4, 0.5) is 8.78 Å². The number of hydrogen-bond donors (Lipinski definition) is 1. The first kappa shape index (κ1) is 13.3. The summed E-state index contributed by atoms with van der Waals surface area (Å²) in [5, 5.41) is 4.87. The lowest BCUT2D eigenvalue weighted by atomic mass is 10.3. The maximum atomic E-state index is 12.5. The molecule has 0 radical (unpaired) electrons. The minimum absolute atomic E-state index is 0.164. The van der Waals surface area contributed by atoms with Gasteiger partial charge in [0.1, 0.15) is 10.6 Å². The smallest absolute Gasteiger partial charge is 0.284 e. The third-order valence-electron chi connectivity index (χ3n) is 1.69. The molecule has 0 bridgehead atoms. The molecule has 9 heteroatoms. The van der Waals surface area contributed by atoms with Crippen LogP contribution in [0.5, 0.6) is 5.75 Å². The van der Waals surface area contributed by atoms with Gasteiger partial charge in [-0.25, -0.2) is 27.3 Å². The van der Waals surface area contributed by atoms with E-state index in [0.29, 0.717) is 0 Å². The maximum Gasteiger partial charge on any atom is 0.284 e. The van der Waals surface area contributed by atoms with Crippen LogP contribution in [0.2, 0.25) is 0 Å². The maximum absolute atomic E-state index is 12.5. The summed E-state index contributed by atoms with van der Waals surface area (Å²) in [5.74, 6) is -0.346. The summed E-state index contributed by atoms with van der Waals surface area (Å²) in [6.07, 6.45) is -2.12. The number of ether oxygens (including phenoxy) is 1. The molecule has 16 heavy (non-hydrogen) atoms. The van der Waals surface area contributed by atoms with Crippen molar-refractivity contribution in [2.75, 3.05) is 7.11 Å². The molecule has 0 amide bonds. The van der Waals surface area contributed by atoms with E-state index in [4.69, 9.17) is 5.14 Å². The second-order valence-electron chi connectivity index (χ2n) is 2.70. The lowest BCUT2D eigenvalue weighted by molar-refractivity contribution is 0.141. The van der Waals surface area contributed by atoms with E-state index in [0.717, 1.165) is 13.3 Å². The average Bonchev–Trinajstić information content (AvgIpc) is 2.14. The van der Waals surface area contributed by atoms with Crippen LogP contribution in [0, 0.1) is 0 Å². The van der Waals surface area contributed by atoms with Gasteiger partial charge in [0, 0.05) is 6.20 Å². The normalized spacial score (nSPS) is 11.9. The Balaban J connectivity index is 3.53. The molecule has 1 aromatic rings. The molecule has 5 nitrogen and oxygen atoms in total. The third-order valence-corrected chi connectivity index (χ3v) is 3.66. The van der Waals surface area contributed by atoms with Gasteiger partial charge >= 0.3 is 0 Å². The van der Waals surface area contributed by atoms with Crippen LogP contribution in [0.25, 0.3) is 0 Å². The van der Waals surface area contributed by atoms with Crippen LogP contribution in [0.3, 0.4) is 0 Å². The van der Waals surface area contributed by atoms with Crippen molar-refractivity contribution in [2.45, 2.75) is 11.3 Å². The molecule has 0 fully saturated rings. The number of primary sulfonamides is 1. The van der Waals surface area contributed by atoms with Crippen LogP contribution in [-0.2, 0) is 10.0 Å². The van der Waals surface area contributed by atoms with E-state index in [1.807, 2.05) is 0 Å². The highest BCUT2D eigenvalue weighted by Crippen LogP contribution is 2.37. The number of nitrogens with two attached hydrogens (primary N) is 1. The molecule has 1 aromatic heterocycles. The van der Waals surface area contributed by atoms with E-state index in [1.54, 1.807) is 0 Å². The lowest BCUT2D eigenvalue weighted by Gasteiger charge is -2.11. The van der Waals surface area contributed by atoms with E-state index in [1.165, 1.54) is 0 Å². The van der Waals surface area contributed by atoms with E-state index in [-0.39, 0.29) is 10.2 Å². The van der Waals surface area contributed by atoms with Crippen molar-refractivity contribution in [3.05, 3.63) is 16.4 Å². The fourth-order valence-corrected chi connectivity index (χ4v) is 2.70. The number of rotatable bonds is 3. The zero-order valence-electron chi connectivity index (χ0n) is 7.95. The van der Waals surface area contributed by atoms with Gasteiger partial charge in [-0.15, -0.1) is 0 Å². The average molecular weight is 317 g/mol. The van der Waals surface area contributed by atoms with E-state index in [2.05, 4.69) is 25.7 Å². The molecular weight excluding hydrogens is 310 g/mol. The predicted molar refractivity (Wildman–Crippen MR) is 54.8 cm³/mol. The zero-order valence-corrected chi connectivity index (χ0v) is 10.3. The Morgan fingerprint density at radius 1 is 1.56 bits per heavy atom. The molecule has 0 unspecified atom stereocenters. The molecule has 0 aliphatic carbocycles. The number of methoxy groups -OCH3 is 1. The second-order valence-corrected chi connectivity index (χ2v) is 5.02. The Hall–Kier alpha value is -0.800. The van der Waals surface area contributed by atoms with Crippen LogP contribution in [0.1, 0.15) is 12.1 Å². The van der Waals surface area contributed by atoms with Crippen molar-refractivity contribution in [1.82, 2.24) is 4.98 Å². The van der Waals surface area contributed by atoms with Crippen molar-refractivity contribution < 1.29 is 21.9 Å². The van der Waals surface area contributed by atoms with Gasteiger partial charge in [0.05, 0.1) is 11.6 Å². The topological polar surface area (TPSA) is 82.3 Å². The van der Waals surface area contributed by atoms with Crippen LogP contribution in [-0.4, -0.2) is 20.5 Å². The molecule has 0 aromatic carbocycles. The van der Waals surface area contributed by atoms with Crippen molar-refractivity contribution in [2.24, 2.45) is 5.14 Å². The molecule has 0 atom stereocenters. The Morgan fingerprint density at radius 3 is 2.50 bits per heavy atom. The largest absolute Gasteiger partial charge is 0.493 e. The Morgan fingerprint density at radius 2 is 2.12 bits per heavy atom. The minimum atomic E-state index is -4.04. The number of halogens is 3. The Bertz CT molecular complexity index is 507. The first-order valence-corrected chi connectivity index (χ1v) is 6.16. The fraction of sp³-hybridized carbons (Fsp3) is 0.286. The number of sulfonamides is 1. The van der Waals surface area contributed by atoms with E-state index < -0.39 is 27.0 Å². The summed E-state index contributed by atoms with van der Waals surface area (Å²) < 4.78 is 51.6. The van der Waals surface area contributed by atoms with E-state index in [9.17, 15) is 17.2 Å². The van der Waals surface area contributed by atoms with Crippen molar-refractivity contribution in [3.63, 3.8) is 0 Å². The third kappa shape index (κ3) is 2.47. The first-order chi connectivity index (χ1) is 7.29. The fourth-order valence-electron chi connectivity index (χ4n) is 1.02. The van der Waals surface area contributed by atoms with Crippen molar-refractivity contribution >= 4 is 26.0 Å². The molecule has 0 aliphatic rings. The highest BCUT2D eigenvalue weighted by atomic mass is 79.9. The minimum Gasteiger partial charge on any atom is -0.493 e. The molecule has 0 saturated carbocycles. The van der Waals surface area contributed by atoms with Crippen LogP contribution in [0.15, 0.2) is 15.6 Å². The number of aromatic nitrogens is 1. The van der Waals surface area contributed by atoms with Gasteiger partial charge in [0.25, 0.3) is 6.43 Å². The van der Waals surface area contributed by atoms with Crippen LogP contribution < -0.4 is 9.88 Å². The first-order valence-electron chi connectivity index (χ1n) is 3.82. The summed E-state index contributed by atoms with van der Waals surface area (Å²) in [6, 6.07) is 0. The zero-order chi connectivity index (χ0) is 12.5.